The van der Waals surface area contributed by atoms with E-state index in [9.17, 15) is 4.79 Å². The van der Waals surface area contributed by atoms with E-state index in [1.807, 2.05) is 13.8 Å². The van der Waals surface area contributed by atoms with Gasteiger partial charge < -0.3 is 18.3 Å². The van der Waals surface area contributed by atoms with Crippen molar-refractivity contribution in [2.75, 3.05) is 19.8 Å². The summed E-state index contributed by atoms with van der Waals surface area (Å²) in [6.45, 7) is 27.8. The average Bonchev–Trinajstić information content (AvgIpc) is 2.99. The fraction of sp³-hybridized carbons (Fsp3) is 0.800. The molecule has 0 spiro atoms. The number of carbonyl (C=O) groups excluding carboxylic acids is 1. The molecule has 0 fully saturated rings. The Labute approximate surface area is 236 Å². The van der Waals surface area contributed by atoms with Gasteiger partial charge in [0.2, 0.25) is 0 Å². The topological polar surface area (TPSA) is 54.0 Å². The summed E-state index contributed by atoms with van der Waals surface area (Å²) in [6.07, 6.45) is 0.451. The summed E-state index contributed by atoms with van der Waals surface area (Å²) in [5.41, 5.74) is -0.125. The summed E-state index contributed by atoms with van der Waals surface area (Å²) < 4.78 is 26.7. The summed E-state index contributed by atoms with van der Waals surface area (Å²) in [4.78, 5) is 12.6. The van der Waals surface area contributed by atoms with E-state index in [-0.39, 0.29) is 22.1 Å². The van der Waals surface area contributed by atoms with Crippen molar-refractivity contribution in [2.45, 2.75) is 110 Å². The van der Waals surface area contributed by atoms with E-state index in [0.717, 1.165) is 7.57 Å². The van der Waals surface area contributed by atoms with Crippen LogP contribution in [-0.2, 0) is 18.3 Å². The standard InChI is InChI=1S/C25H46Br2O5SSi2/c1-23(2,3)34(9,10)30-17-18(32-35(11,12)24(4,5)6)16-29-14-13-25(7,8)31-22(28)19-15-20(26)33-21(19)27/h15,18H,13-14,16-17H2,1-12H3. The van der Waals surface area contributed by atoms with Gasteiger partial charge in [0, 0.05) is 6.42 Å². The quantitative estimate of drug-likeness (QED) is 0.126. The predicted molar refractivity (Wildman–Crippen MR) is 160 cm³/mol. The van der Waals surface area contributed by atoms with E-state index in [1.165, 1.54) is 11.3 Å². The first-order valence-electron chi connectivity index (χ1n) is 12.2. The highest BCUT2D eigenvalue weighted by molar-refractivity contribution is 9.12. The lowest BCUT2D eigenvalue weighted by Crippen LogP contribution is -2.49. The zero-order chi connectivity index (χ0) is 27.5. The molecule has 0 aliphatic heterocycles. The van der Waals surface area contributed by atoms with Crippen molar-refractivity contribution in [1.82, 2.24) is 0 Å². The highest BCUT2D eigenvalue weighted by Crippen LogP contribution is 2.39. The Morgan fingerprint density at radius 3 is 1.94 bits per heavy atom. The maximum absolute atomic E-state index is 12.6. The van der Waals surface area contributed by atoms with Crippen LogP contribution in [0.15, 0.2) is 13.6 Å². The minimum absolute atomic E-state index is 0.101. The third-order valence-corrected chi connectivity index (χ3v) is 18.5. The average molecular weight is 675 g/mol. The van der Waals surface area contributed by atoms with Crippen LogP contribution in [0.1, 0.15) is 72.2 Å². The highest BCUT2D eigenvalue weighted by atomic mass is 79.9. The van der Waals surface area contributed by atoms with Gasteiger partial charge in [-0.15, -0.1) is 11.3 Å². The molecule has 0 saturated heterocycles. The predicted octanol–water partition coefficient (Wildman–Crippen LogP) is 9.03. The van der Waals surface area contributed by atoms with Crippen LogP contribution in [0, 0.1) is 0 Å². The Morgan fingerprint density at radius 2 is 1.49 bits per heavy atom. The molecule has 1 atom stereocenters. The number of esters is 1. The smallest absolute Gasteiger partial charge is 0.340 e. The Kier molecular flexibility index (Phi) is 12.0. The number of hydrogen-bond acceptors (Lipinski definition) is 6. The number of halogens is 2. The van der Waals surface area contributed by atoms with E-state index < -0.39 is 22.2 Å². The molecule has 0 aliphatic carbocycles. The van der Waals surface area contributed by atoms with E-state index >= 15 is 0 Å². The van der Waals surface area contributed by atoms with Crippen LogP contribution in [0.5, 0.6) is 0 Å². The fourth-order valence-electron chi connectivity index (χ4n) is 2.60. The second-order valence-electron chi connectivity index (χ2n) is 12.8. The van der Waals surface area contributed by atoms with Crippen LogP contribution < -0.4 is 0 Å². The molecule has 10 heteroatoms. The normalized spacial score (nSPS) is 14.8. The van der Waals surface area contributed by atoms with Crippen molar-refractivity contribution in [3.05, 3.63) is 19.2 Å². The number of hydrogen-bond donors (Lipinski definition) is 0. The lowest BCUT2D eigenvalue weighted by Gasteiger charge is -2.41. The zero-order valence-electron chi connectivity index (χ0n) is 23.7. The summed E-state index contributed by atoms with van der Waals surface area (Å²) >= 11 is 8.28. The molecule has 0 aliphatic rings. The first-order chi connectivity index (χ1) is 15.6. The molecule has 0 bridgehead atoms. The maximum atomic E-state index is 12.6. The van der Waals surface area contributed by atoms with Crippen LogP contribution in [0.25, 0.3) is 0 Å². The molecule has 0 saturated carbocycles. The van der Waals surface area contributed by atoms with Crippen molar-refractivity contribution >= 4 is 65.8 Å². The van der Waals surface area contributed by atoms with Crippen LogP contribution in [-0.4, -0.2) is 54.1 Å². The summed E-state index contributed by atoms with van der Waals surface area (Å²) in [7, 11) is -3.89. The van der Waals surface area contributed by atoms with Gasteiger partial charge in [0.1, 0.15) is 5.60 Å². The van der Waals surface area contributed by atoms with Gasteiger partial charge in [-0.3, -0.25) is 0 Å². The Balaban J connectivity index is 2.74. The molecule has 1 unspecified atom stereocenters. The number of ether oxygens (including phenoxy) is 2. The van der Waals surface area contributed by atoms with Gasteiger partial charge in [0.05, 0.1) is 39.1 Å². The Bertz CT molecular complexity index is 842. The van der Waals surface area contributed by atoms with Crippen molar-refractivity contribution < 1.29 is 23.1 Å². The first-order valence-corrected chi connectivity index (χ1v) is 20.4. The Morgan fingerprint density at radius 1 is 0.943 bits per heavy atom. The molecule has 0 N–H and O–H groups in total. The largest absolute Gasteiger partial charge is 0.456 e. The molecule has 35 heavy (non-hydrogen) atoms. The molecular formula is C25H46Br2O5SSi2. The van der Waals surface area contributed by atoms with Gasteiger partial charge in [-0.2, -0.15) is 0 Å². The van der Waals surface area contributed by atoms with E-state index in [2.05, 4.69) is 99.6 Å². The van der Waals surface area contributed by atoms with Crippen molar-refractivity contribution in [2.24, 2.45) is 0 Å². The molecule has 1 rings (SSSR count). The van der Waals surface area contributed by atoms with Gasteiger partial charge in [0.15, 0.2) is 16.6 Å². The molecule has 204 valence electrons. The third-order valence-electron chi connectivity index (χ3n) is 7.10. The summed E-state index contributed by atoms with van der Waals surface area (Å²) in [6, 6.07) is 1.77. The monoisotopic (exact) mass is 672 g/mol. The van der Waals surface area contributed by atoms with Gasteiger partial charge in [-0.05, 0) is 88.0 Å². The molecular weight excluding hydrogens is 628 g/mol. The van der Waals surface area contributed by atoms with Crippen LogP contribution in [0.4, 0.5) is 0 Å². The lowest BCUT2D eigenvalue weighted by molar-refractivity contribution is -0.0301. The number of rotatable bonds is 12. The lowest BCUT2D eigenvalue weighted by atomic mass is 10.1. The second-order valence-corrected chi connectivity index (χ2v) is 26.1. The van der Waals surface area contributed by atoms with E-state index in [0.29, 0.717) is 31.8 Å². The fourth-order valence-corrected chi connectivity index (χ4v) is 7.72. The first kappa shape index (κ1) is 33.5. The van der Waals surface area contributed by atoms with Crippen molar-refractivity contribution in [1.29, 1.82) is 0 Å². The third kappa shape index (κ3) is 10.6. The van der Waals surface area contributed by atoms with Crippen molar-refractivity contribution in [3.63, 3.8) is 0 Å². The van der Waals surface area contributed by atoms with Crippen LogP contribution in [0.3, 0.4) is 0 Å². The van der Waals surface area contributed by atoms with Gasteiger partial charge in [-0.25, -0.2) is 4.79 Å². The SMILES string of the molecule is CC(C)(CCOCC(CO[Si](C)(C)C(C)(C)C)O[Si](C)(C)C(C)(C)C)OC(=O)c1cc(Br)sc1Br. The zero-order valence-corrected chi connectivity index (χ0v) is 29.7. The van der Waals surface area contributed by atoms with Gasteiger partial charge in [-0.1, -0.05) is 41.5 Å². The highest BCUT2D eigenvalue weighted by Gasteiger charge is 2.41. The van der Waals surface area contributed by atoms with Crippen molar-refractivity contribution in [3.8, 4) is 0 Å². The molecule has 5 nitrogen and oxygen atoms in total. The minimum Gasteiger partial charge on any atom is -0.456 e. The second kappa shape index (κ2) is 12.5. The molecule has 0 aromatic carbocycles. The van der Waals surface area contributed by atoms with Crippen LogP contribution in [0.2, 0.25) is 36.3 Å². The van der Waals surface area contributed by atoms with Gasteiger partial charge in [0.25, 0.3) is 0 Å². The maximum Gasteiger partial charge on any atom is 0.340 e. The molecule has 1 heterocycles. The minimum atomic E-state index is -1.99. The molecule has 1 aromatic rings. The summed E-state index contributed by atoms with van der Waals surface area (Å²) in [5, 5.41) is 0.236. The number of thiophene rings is 1. The molecule has 0 amide bonds. The van der Waals surface area contributed by atoms with E-state index in [4.69, 9.17) is 18.3 Å². The van der Waals surface area contributed by atoms with E-state index in [1.54, 1.807) is 6.07 Å². The Hall–Kier alpha value is 0.444. The number of carbonyl (C=O) groups is 1. The molecule has 0 radical (unpaired) electrons. The van der Waals surface area contributed by atoms with Gasteiger partial charge >= 0.3 is 5.97 Å². The van der Waals surface area contributed by atoms with Crippen LogP contribution >= 0.6 is 43.2 Å². The molecule has 1 aromatic heterocycles. The summed E-state index contributed by atoms with van der Waals surface area (Å²) in [5.74, 6) is -0.342.